The number of carbonyl (C=O) groups is 2. The van der Waals surface area contributed by atoms with Crippen LogP contribution in [0.25, 0.3) is 0 Å². The highest BCUT2D eigenvalue weighted by Gasteiger charge is 2.46. The van der Waals surface area contributed by atoms with E-state index in [-0.39, 0.29) is 6.54 Å². The van der Waals surface area contributed by atoms with Gasteiger partial charge in [-0.3, -0.25) is 4.79 Å². The van der Waals surface area contributed by atoms with E-state index in [9.17, 15) is 14.7 Å². The Kier molecular flexibility index (Phi) is 4.61. The molecule has 1 aliphatic rings. The normalized spacial score (nSPS) is 17.2. The molecule has 19 heavy (non-hydrogen) atoms. The van der Waals surface area contributed by atoms with Gasteiger partial charge in [0.2, 0.25) is 0 Å². The molecular weight excluding hydrogens is 246 g/mol. The quantitative estimate of drug-likeness (QED) is 0.779. The van der Waals surface area contributed by atoms with E-state index >= 15 is 0 Å². The Morgan fingerprint density at radius 3 is 2.32 bits per heavy atom. The van der Waals surface area contributed by atoms with Gasteiger partial charge in [-0.25, -0.2) is 4.79 Å². The molecule has 0 saturated heterocycles. The van der Waals surface area contributed by atoms with Crippen LogP contribution in [-0.2, 0) is 9.53 Å². The van der Waals surface area contributed by atoms with Crippen molar-refractivity contribution in [3.63, 3.8) is 0 Å². The number of hydrogen-bond acceptors (Lipinski definition) is 3. The van der Waals surface area contributed by atoms with E-state index in [0.29, 0.717) is 19.4 Å². The smallest absolute Gasteiger partial charge is 0.410 e. The Morgan fingerprint density at radius 1 is 1.42 bits per heavy atom. The first kappa shape index (κ1) is 15.5. The van der Waals surface area contributed by atoms with Crippen molar-refractivity contribution in [3.05, 3.63) is 12.7 Å². The molecule has 0 radical (unpaired) electrons. The molecule has 5 nitrogen and oxygen atoms in total. The molecule has 1 saturated carbocycles. The number of nitrogens with zero attached hydrogens (tertiary/aromatic N) is 1. The first-order chi connectivity index (χ1) is 8.70. The predicted octanol–water partition coefficient (Wildman–Crippen LogP) is 2.66. The lowest BCUT2D eigenvalue weighted by atomic mass is 9.68. The average Bonchev–Trinajstić information content (AvgIpc) is 2.18. The molecule has 1 rings (SSSR count). The van der Waals surface area contributed by atoms with Gasteiger partial charge in [-0.05, 0) is 33.6 Å². The minimum absolute atomic E-state index is 0.184. The molecule has 0 spiro atoms. The summed E-state index contributed by atoms with van der Waals surface area (Å²) < 4.78 is 5.29. The van der Waals surface area contributed by atoms with Crippen LogP contribution in [0.15, 0.2) is 12.7 Å². The highest BCUT2D eigenvalue weighted by atomic mass is 16.6. The summed E-state index contributed by atoms with van der Waals surface area (Å²) in [5.74, 6) is -0.837. The van der Waals surface area contributed by atoms with Crippen molar-refractivity contribution in [2.45, 2.75) is 45.6 Å². The number of ether oxygens (including phenoxy) is 1. The zero-order chi connectivity index (χ0) is 14.7. The molecule has 1 fully saturated rings. The van der Waals surface area contributed by atoms with E-state index in [1.165, 1.54) is 4.90 Å². The molecule has 1 N–H and O–H groups in total. The highest BCUT2D eigenvalue weighted by molar-refractivity contribution is 5.77. The van der Waals surface area contributed by atoms with Crippen LogP contribution in [0.2, 0.25) is 0 Å². The Morgan fingerprint density at radius 2 is 2.00 bits per heavy atom. The molecule has 0 heterocycles. The predicted molar refractivity (Wildman–Crippen MR) is 71.9 cm³/mol. The molecule has 108 valence electrons. The largest absolute Gasteiger partial charge is 0.481 e. The standard InChI is InChI=1S/C14H23NO4/c1-5-9-15(12(18)19-13(2,3)4)10-14(11(16)17)7-6-8-14/h5H,1,6-10H2,2-4H3,(H,16,17). The fourth-order valence-corrected chi connectivity index (χ4v) is 2.09. The summed E-state index contributed by atoms with van der Waals surface area (Å²) in [7, 11) is 0. The van der Waals surface area contributed by atoms with Crippen LogP contribution < -0.4 is 0 Å². The minimum atomic E-state index is -0.837. The van der Waals surface area contributed by atoms with Crippen molar-refractivity contribution in [2.75, 3.05) is 13.1 Å². The van der Waals surface area contributed by atoms with Gasteiger partial charge >= 0.3 is 12.1 Å². The van der Waals surface area contributed by atoms with Crippen molar-refractivity contribution in [1.29, 1.82) is 0 Å². The molecule has 1 aliphatic carbocycles. The third-order valence-electron chi connectivity index (χ3n) is 3.26. The fourth-order valence-electron chi connectivity index (χ4n) is 2.09. The van der Waals surface area contributed by atoms with E-state index < -0.39 is 23.1 Å². The van der Waals surface area contributed by atoms with E-state index in [4.69, 9.17) is 4.74 Å². The Labute approximate surface area is 114 Å². The summed E-state index contributed by atoms with van der Waals surface area (Å²) in [5.41, 5.74) is -1.40. The number of aliphatic carboxylic acids is 1. The summed E-state index contributed by atoms with van der Waals surface area (Å²) in [5, 5.41) is 9.31. The van der Waals surface area contributed by atoms with Gasteiger partial charge in [-0.15, -0.1) is 6.58 Å². The van der Waals surface area contributed by atoms with Gasteiger partial charge in [0.1, 0.15) is 5.60 Å². The van der Waals surface area contributed by atoms with Gasteiger partial charge in [0.05, 0.1) is 5.41 Å². The monoisotopic (exact) mass is 269 g/mol. The molecule has 0 aromatic rings. The maximum atomic E-state index is 12.1. The minimum Gasteiger partial charge on any atom is -0.481 e. The van der Waals surface area contributed by atoms with Crippen LogP contribution in [0.4, 0.5) is 4.79 Å². The van der Waals surface area contributed by atoms with E-state index in [0.717, 1.165) is 6.42 Å². The van der Waals surface area contributed by atoms with Crippen molar-refractivity contribution in [1.82, 2.24) is 4.90 Å². The van der Waals surface area contributed by atoms with E-state index in [1.807, 2.05) is 0 Å². The van der Waals surface area contributed by atoms with Crippen molar-refractivity contribution in [3.8, 4) is 0 Å². The van der Waals surface area contributed by atoms with Gasteiger partial charge in [0.15, 0.2) is 0 Å². The summed E-state index contributed by atoms with van der Waals surface area (Å²) in [4.78, 5) is 24.8. The second-order valence-corrected chi connectivity index (χ2v) is 6.09. The molecular formula is C14H23NO4. The van der Waals surface area contributed by atoms with Crippen LogP contribution >= 0.6 is 0 Å². The van der Waals surface area contributed by atoms with Crippen LogP contribution in [0.1, 0.15) is 40.0 Å². The lowest BCUT2D eigenvalue weighted by Crippen LogP contribution is -2.50. The maximum Gasteiger partial charge on any atom is 0.410 e. The molecule has 1 amide bonds. The number of rotatable bonds is 5. The fraction of sp³-hybridized carbons (Fsp3) is 0.714. The third kappa shape index (κ3) is 3.98. The third-order valence-corrected chi connectivity index (χ3v) is 3.26. The molecule has 0 aromatic heterocycles. The first-order valence-corrected chi connectivity index (χ1v) is 6.52. The summed E-state index contributed by atoms with van der Waals surface area (Å²) in [6.07, 6.45) is 3.21. The van der Waals surface area contributed by atoms with Crippen molar-refractivity contribution in [2.24, 2.45) is 5.41 Å². The Hall–Kier alpha value is -1.52. The van der Waals surface area contributed by atoms with Gasteiger partial charge in [0.25, 0.3) is 0 Å². The van der Waals surface area contributed by atoms with Crippen LogP contribution in [0.5, 0.6) is 0 Å². The van der Waals surface area contributed by atoms with Gasteiger partial charge in [0, 0.05) is 13.1 Å². The van der Waals surface area contributed by atoms with Crippen molar-refractivity contribution < 1.29 is 19.4 Å². The molecule has 0 unspecified atom stereocenters. The number of hydrogen-bond donors (Lipinski definition) is 1. The van der Waals surface area contributed by atoms with E-state index in [2.05, 4.69) is 6.58 Å². The molecule has 0 atom stereocenters. The maximum absolute atomic E-state index is 12.1. The highest BCUT2D eigenvalue weighted by Crippen LogP contribution is 2.42. The number of carboxylic acid groups (broad SMARTS) is 1. The number of amides is 1. The number of carboxylic acids is 1. The topological polar surface area (TPSA) is 66.8 Å². The van der Waals surface area contributed by atoms with Crippen molar-refractivity contribution >= 4 is 12.1 Å². The van der Waals surface area contributed by atoms with Crippen LogP contribution in [0.3, 0.4) is 0 Å². The Balaban J connectivity index is 2.75. The second kappa shape index (κ2) is 5.63. The Bertz CT molecular complexity index is 366. The summed E-state index contributed by atoms with van der Waals surface area (Å²) in [6.45, 7) is 9.44. The SMILES string of the molecule is C=CCN(CC1(C(=O)O)CCC1)C(=O)OC(C)(C)C. The van der Waals surface area contributed by atoms with Gasteiger partial charge in [-0.2, -0.15) is 0 Å². The zero-order valence-electron chi connectivity index (χ0n) is 11.9. The van der Waals surface area contributed by atoms with E-state index in [1.54, 1.807) is 26.8 Å². The number of carbonyl (C=O) groups excluding carboxylic acids is 1. The zero-order valence-corrected chi connectivity index (χ0v) is 11.9. The molecule has 0 bridgehead atoms. The summed E-state index contributed by atoms with van der Waals surface area (Å²) >= 11 is 0. The lowest BCUT2D eigenvalue weighted by Gasteiger charge is -2.41. The average molecular weight is 269 g/mol. The van der Waals surface area contributed by atoms with Gasteiger partial charge < -0.3 is 14.7 Å². The molecule has 0 aliphatic heterocycles. The van der Waals surface area contributed by atoms with Gasteiger partial charge in [-0.1, -0.05) is 12.5 Å². The lowest BCUT2D eigenvalue weighted by molar-refractivity contribution is -0.155. The first-order valence-electron chi connectivity index (χ1n) is 6.52. The van der Waals surface area contributed by atoms with Crippen LogP contribution in [-0.4, -0.2) is 40.8 Å². The molecule has 5 heteroatoms. The molecule has 0 aromatic carbocycles. The van der Waals surface area contributed by atoms with Crippen LogP contribution in [0, 0.1) is 5.41 Å². The summed E-state index contributed by atoms with van der Waals surface area (Å²) in [6, 6.07) is 0. The second-order valence-electron chi connectivity index (χ2n) is 6.09.